The Morgan fingerprint density at radius 2 is 2.12 bits per heavy atom. The Bertz CT molecular complexity index is 955. The van der Waals surface area contributed by atoms with Crippen LogP contribution in [-0.2, 0) is 9.53 Å². The average Bonchev–Trinajstić information content (AvgIpc) is 3.03. The minimum absolute atomic E-state index is 0.136. The molecule has 9 heteroatoms. The van der Waals surface area contributed by atoms with Crippen molar-refractivity contribution in [1.82, 2.24) is 15.2 Å². The zero-order valence-electron chi connectivity index (χ0n) is 13.9. The van der Waals surface area contributed by atoms with Gasteiger partial charge >= 0.3 is 0 Å². The van der Waals surface area contributed by atoms with E-state index in [0.29, 0.717) is 16.9 Å². The number of aliphatic imine (C=N–C) groups is 1. The first-order valence-electron chi connectivity index (χ1n) is 7.88. The standard InChI is InChI=1S/C17H18N4O5/c1-9-2-3-10-5-11-16(20-21-17(11)19-12(10)4-9)18-8-26-7-14(24)15(25)13(23)6-22/h2-6,8,13-15,23-25H,7H2,1H3,(H,19,20,21)/t13-,14-,15+/m1/s1. The number of ether oxygens (including phenoxy) is 1. The molecule has 3 aromatic rings. The highest BCUT2D eigenvalue weighted by Crippen LogP contribution is 2.25. The quantitative estimate of drug-likeness (QED) is 0.272. The molecule has 2 aromatic heterocycles. The smallest absolute Gasteiger partial charge is 0.186 e. The summed E-state index contributed by atoms with van der Waals surface area (Å²) in [7, 11) is 0. The van der Waals surface area contributed by atoms with Crippen molar-refractivity contribution < 1.29 is 24.9 Å². The lowest BCUT2D eigenvalue weighted by atomic mass is 10.1. The number of aliphatic hydroxyl groups is 3. The van der Waals surface area contributed by atoms with Gasteiger partial charge in [0, 0.05) is 5.39 Å². The molecule has 0 aliphatic rings. The van der Waals surface area contributed by atoms with Crippen LogP contribution in [0.2, 0.25) is 0 Å². The molecule has 0 spiro atoms. The third-order valence-corrected chi connectivity index (χ3v) is 3.88. The van der Waals surface area contributed by atoms with Gasteiger partial charge < -0.3 is 24.9 Å². The number of aromatic nitrogens is 3. The molecular weight excluding hydrogens is 340 g/mol. The number of aromatic amines is 1. The van der Waals surface area contributed by atoms with E-state index in [-0.39, 0.29) is 12.9 Å². The van der Waals surface area contributed by atoms with Gasteiger partial charge in [-0.3, -0.25) is 5.10 Å². The molecule has 0 amide bonds. The van der Waals surface area contributed by atoms with Crippen molar-refractivity contribution in [3.8, 4) is 0 Å². The van der Waals surface area contributed by atoms with Crippen LogP contribution < -0.4 is 0 Å². The monoisotopic (exact) mass is 358 g/mol. The summed E-state index contributed by atoms with van der Waals surface area (Å²) in [6, 6.07) is 7.83. The number of carbonyl (C=O) groups excluding carboxylic acids is 1. The summed E-state index contributed by atoms with van der Waals surface area (Å²) >= 11 is 0. The van der Waals surface area contributed by atoms with Crippen molar-refractivity contribution in [3.05, 3.63) is 29.8 Å². The van der Waals surface area contributed by atoms with Gasteiger partial charge in [0.25, 0.3) is 0 Å². The second-order valence-corrected chi connectivity index (χ2v) is 5.88. The summed E-state index contributed by atoms with van der Waals surface area (Å²) in [5, 5.41) is 36.7. The summed E-state index contributed by atoms with van der Waals surface area (Å²) in [6.07, 6.45) is -3.55. The van der Waals surface area contributed by atoms with E-state index >= 15 is 0 Å². The molecule has 3 rings (SSSR count). The first-order chi connectivity index (χ1) is 12.5. The molecule has 3 atom stereocenters. The number of nitrogens with one attached hydrogen (secondary N) is 1. The number of H-pyrrole nitrogens is 1. The van der Waals surface area contributed by atoms with Gasteiger partial charge in [-0.1, -0.05) is 12.1 Å². The van der Waals surface area contributed by atoms with E-state index in [2.05, 4.69) is 20.2 Å². The molecule has 0 fully saturated rings. The maximum atomic E-state index is 10.4. The Hall–Kier alpha value is -2.88. The van der Waals surface area contributed by atoms with Gasteiger partial charge in [0.2, 0.25) is 0 Å². The number of rotatable bonds is 7. The van der Waals surface area contributed by atoms with E-state index in [1.807, 2.05) is 31.2 Å². The SMILES string of the molecule is Cc1ccc2cc3c(N=COC[C@@H](O)[C@@H](O)[C@H](O)C=O)n[nH]c3nc2c1. The normalized spacial score (nSPS) is 15.4. The Morgan fingerprint density at radius 3 is 2.88 bits per heavy atom. The molecular formula is C17H18N4O5. The second-order valence-electron chi connectivity index (χ2n) is 5.88. The zero-order chi connectivity index (χ0) is 18.7. The van der Waals surface area contributed by atoms with Crippen LogP contribution in [-0.4, -0.2) is 68.1 Å². The van der Waals surface area contributed by atoms with Gasteiger partial charge in [-0.2, -0.15) is 10.1 Å². The molecule has 0 aliphatic carbocycles. The molecule has 9 nitrogen and oxygen atoms in total. The Kier molecular flexibility index (Phi) is 5.21. The molecule has 4 N–H and O–H groups in total. The van der Waals surface area contributed by atoms with E-state index in [1.165, 1.54) is 0 Å². The van der Waals surface area contributed by atoms with E-state index in [1.54, 1.807) is 0 Å². The summed E-state index contributed by atoms with van der Waals surface area (Å²) < 4.78 is 5.03. The van der Waals surface area contributed by atoms with Crippen LogP contribution in [0.5, 0.6) is 0 Å². The lowest BCUT2D eigenvalue weighted by Crippen LogP contribution is -2.40. The number of aldehydes is 1. The van der Waals surface area contributed by atoms with Crippen LogP contribution in [0.15, 0.2) is 29.3 Å². The minimum atomic E-state index is -1.68. The van der Waals surface area contributed by atoms with Gasteiger partial charge in [-0.15, -0.1) is 0 Å². The van der Waals surface area contributed by atoms with Crippen molar-refractivity contribution in [2.45, 2.75) is 25.2 Å². The fourth-order valence-electron chi connectivity index (χ4n) is 2.43. The van der Waals surface area contributed by atoms with Gasteiger partial charge in [0.15, 0.2) is 24.2 Å². The number of pyridine rings is 1. The topological polar surface area (TPSA) is 141 Å². The highest BCUT2D eigenvalue weighted by atomic mass is 16.5. The molecule has 1 aromatic carbocycles. The predicted octanol–water partition coefficient (Wildman–Crippen LogP) is 0.378. The predicted molar refractivity (Wildman–Crippen MR) is 94.3 cm³/mol. The van der Waals surface area contributed by atoms with Gasteiger partial charge in [-0.25, -0.2) is 4.98 Å². The highest BCUT2D eigenvalue weighted by molar-refractivity contribution is 5.96. The molecule has 0 radical (unpaired) electrons. The largest absolute Gasteiger partial charge is 0.480 e. The second kappa shape index (κ2) is 7.56. The van der Waals surface area contributed by atoms with E-state index < -0.39 is 18.3 Å². The fourth-order valence-corrected chi connectivity index (χ4v) is 2.43. The minimum Gasteiger partial charge on any atom is -0.480 e. The van der Waals surface area contributed by atoms with Crippen molar-refractivity contribution in [3.63, 3.8) is 0 Å². The summed E-state index contributed by atoms with van der Waals surface area (Å²) in [4.78, 5) is 18.9. The molecule has 2 heterocycles. The lowest BCUT2D eigenvalue weighted by molar-refractivity contribution is -0.127. The van der Waals surface area contributed by atoms with E-state index in [4.69, 9.17) is 9.84 Å². The first-order valence-corrected chi connectivity index (χ1v) is 7.88. The maximum absolute atomic E-state index is 10.4. The Morgan fingerprint density at radius 1 is 1.31 bits per heavy atom. The third kappa shape index (κ3) is 3.69. The Labute approximate surface area is 148 Å². The number of aryl methyl sites for hydroxylation is 1. The number of aliphatic hydroxyl groups excluding tert-OH is 3. The molecule has 0 bridgehead atoms. The summed E-state index contributed by atoms with van der Waals surface area (Å²) in [6.45, 7) is 1.64. The molecule has 0 aliphatic heterocycles. The van der Waals surface area contributed by atoms with Gasteiger partial charge in [-0.05, 0) is 24.6 Å². The number of hydrogen-bond donors (Lipinski definition) is 4. The van der Waals surface area contributed by atoms with Gasteiger partial charge in [0.1, 0.15) is 24.9 Å². The van der Waals surface area contributed by atoms with Crippen molar-refractivity contribution in [1.29, 1.82) is 0 Å². The third-order valence-electron chi connectivity index (χ3n) is 3.88. The fraction of sp³-hybridized carbons (Fsp3) is 0.294. The summed E-state index contributed by atoms with van der Waals surface area (Å²) in [5.74, 6) is 0.359. The van der Waals surface area contributed by atoms with E-state index in [0.717, 1.165) is 22.9 Å². The molecule has 0 saturated carbocycles. The molecule has 26 heavy (non-hydrogen) atoms. The van der Waals surface area contributed by atoms with Crippen LogP contribution in [0.4, 0.5) is 5.82 Å². The van der Waals surface area contributed by atoms with Gasteiger partial charge in [0.05, 0.1) is 10.9 Å². The zero-order valence-corrected chi connectivity index (χ0v) is 13.9. The van der Waals surface area contributed by atoms with Crippen LogP contribution >= 0.6 is 0 Å². The van der Waals surface area contributed by atoms with Crippen LogP contribution in [0.1, 0.15) is 5.56 Å². The van der Waals surface area contributed by atoms with Crippen molar-refractivity contribution in [2.75, 3.05) is 6.61 Å². The first kappa shape index (κ1) is 17.9. The van der Waals surface area contributed by atoms with Crippen LogP contribution in [0.3, 0.4) is 0 Å². The highest BCUT2D eigenvalue weighted by Gasteiger charge is 2.24. The molecule has 136 valence electrons. The molecule has 0 saturated heterocycles. The number of benzene rings is 1. The maximum Gasteiger partial charge on any atom is 0.186 e. The van der Waals surface area contributed by atoms with Crippen LogP contribution in [0.25, 0.3) is 21.9 Å². The molecule has 0 unspecified atom stereocenters. The van der Waals surface area contributed by atoms with Crippen molar-refractivity contribution in [2.24, 2.45) is 4.99 Å². The van der Waals surface area contributed by atoms with Crippen molar-refractivity contribution >= 4 is 40.4 Å². The number of fused-ring (bicyclic) bond motifs is 2. The average molecular weight is 358 g/mol. The lowest BCUT2D eigenvalue weighted by Gasteiger charge is -2.18. The number of nitrogens with zero attached hydrogens (tertiary/aromatic N) is 3. The Balaban J connectivity index is 1.71. The number of hydrogen-bond acceptors (Lipinski definition) is 8. The van der Waals surface area contributed by atoms with Crippen LogP contribution in [0, 0.1) is 6.92 Å². The van der Waals surface area contributed by atoms with E-state index in [9.17, 15) is 15.0 Å². The number of carbonyl (C=O) groups is 1. The summed E-state index contributed by atoms with van der Waals surface area (Å²) in [5.41, 5.74) is 2.54.